The van der Waals surface area contributed by atoms with E-state index < -0.39 is 52.2 Å². The van der Waals surface area contributed by atoms with Gasteiger partial charge in [0.25, 0.3) is 0 Å². The summed E-state index contributed by atoms with van der Waals surface area (Å²) < 4.78 is 22.6. The van der Waals surface area contributed by atoms with E-state index in [0.29, 0.717) is 24.8 Å². The number of furan rings is 1. The van der Waals surface area contributed by atoms with Crippen LogP contribution in [-0.4, -0.2) is 36.9 Å². The topological polar surface area (TPSA) is 109 Å². The lowest BCUT2D eigenvalue weighted by Gasteiger charge is -2.63. The molecule has 3 aliphatic carbocycles. The van der Waals surface area contributed by atoms with E-state index in [2.05, 4.69) is 6.92 Å². The van der Waals surface area contributed by atoms with Gasteiger partial charge in [0.2, 0.25) is 0 Å². The minimum absolute atomic E-state index is 0.0179. The van der Waals surface area contributed by atoms with Crippen LogP contribution in [-0.2, 0) is 28.6 Å². The largest absolute Gasteiger partial charge is 0.472 e. The molecule has 8 heteroatoms. The Balaban J connectivity index is 1.49. The number of esters is 3. The molecule has 7 atom stereocenters. The minimum atomic E-state index is -0.910. The van der Waals surface area contributed by atoms with Crippen LogP contribution in [0.15, 0.2) is 64.5 Å². The fourth-order valence-electron chi connectivity index (χ4n) is 8.95. The number of rotatable bonds is 5. The number of carbonyl (C=O) groups excluding carboxylic acids is 4. The lowest BCUT2D eigenvalue weighted by atomic mass is 9.40. The molecule has 4 aliphatic rings. The number of ketones is 1. The number of hydrogen-bond donors (Lipinski definition) is 0. The third-order valence-corrected chi connectivity index (χ3v) is 11.0. The van der Waals surface area contributed by atoms with Gasteiger partial charge in [-0.2, -0.15) is 0 Å². The van der Waals surface area contributed by atoms with Gasteiger partial charge in [-0.15, -0.1) is 0 Å². The zero-order valence-electron chi connectivity index (χ0n) is 24.8. The number of benzene rings is 1. The van der Waals surface area contributed by atoms with E-state index in [1.165, 1.54) is 7.11 Å². The van der Waals surface area contributed by atoms with E-state index in [9.17, 15) is 19.2 Å². The summed E-state index contributed by atoms with van der Waals surface area (Å²) in [7, 11) is 1.35. The highest BCUT2D eigenvalue weighted by atomic mass is 16.6. The van der Waals surface area contributed by atoms with Crippen molar-refractivity contribution in [3.05, 3.63) is 71.2 Å². The fraction of sp³-hybridized carbons (Fsp3) is 0.529. The summed E-state index contributed by atoms with van der Waals surface area (Å²) in [6, 6.07) is 10.6. The van der Waals surface area contributed by atoms with E-state index >= 15 is 0 Å². The summed E-state index contributed by atoms with van der Waals surface area (Å²) >= 11 is 0. The third-order valence-electron chi connectivity index (χ3n) is 11.0. The third kappa shape index (κ3) is 4.08. The molecule has 1 saturated heterocycles. The highest BCUT2D eigenvalue weighted by Crippen LogP contribution is 2.68. The van der Waals surface area contributed by atoms with Crippen molar-refractivity contribution in [2.24, 2.45) is 34.0 Å². The zero-order chi connectivity index (χ0) is 30.0. The van der Waals surface area contributed by atoms with Crippen LogP contribution in [0.25, 0.3) is 0 Å². The Morgan fingerprint density at radius 3 is 2.45 bits per heavy atom. The second-order valence-corrected chi connectivity index (χ2v) is 13.4. The molecule has 6 rings (SSSR count). The number of carbonyl (C=O) groups is 4. The summed E-state index contributed by atoms with van der Waals surface area (Å²) in [6.45, 7) is 8.11. The van der Waals surface area contributed by atoms with Gasteiger partial charge in [0.15, 0.2) is 0 Å². The van der Waals surface area contributed by atoms with Gasteiger partial charge in [-0.25, -0.2) is 4.79 Å². The molecule has 0 radical (unpaired) electrons. The van der Waals surface area contributed by atoms with Gasteiger partial charge in [-0.3, -0.25) is 14.4 Å². The molecule has 0 spiro atoms. The Hall–Kier alpha value is -3.68. The summed E-state index contributed by atoms with van der Waals surface area (Å²) in [5.74, 6) is -2.43. The first kappa shape index (κ1) is 28.4. The number of ether oxygens (including phenoxy) is 3. The summed E-state index contributed by atoms with van der Waals surface area (Å²) in [5.41, 5.74) is 1.19. The first-order chi connectivity index (χ1) is 19.9. The molecule has 0 N–H and O–H groups in total. The minimum Gasteiger partial charge on any atom is -0.472 e. The van der Waals surface area contributed by atoms with Gasteiger partial charge in [0.05, 0.1) is 37.5 Å². The molecular formula is C34H38O8. The highest BCUT2D eigenvalue weighted by Gasteiger charge is 2.68. The Morgan fingerprint density at radius 1 is 1.05 bits per heavy atom. The van der Waals surface area contributed by atoms with Gasteiger partial charge in [-0.1, -0.05) is 51.5 Å². The van der Waals surface area contributed by atoms with Crippen LogP contribution in [0.5, 0.6) is 0 Å². The van der Waals surface area contributed by atoms with Crippen molar-refractivity contribution in [2.45, 2.75) is 72.0 Å². The first-order valence-corrected chi connectivity index (χ1v) is 14.7. The molecule has 42 heavy (non-hydrogen) atoms. The average molecular weight is 575 g/mol. The van der Waals surface area contributed by atoms with Gasteiger partial charge < -0.3 is 18.6 Å². The standard InChI is InChI=1S/C34H38O8/c1-32(2)25(17-26(35)39-5)34(4)23-11-13-33(3)24(16-27(36)41-29(33)20-12-14-40-18-20)21(23)15-22(28(34)37)30(32)42-31(38)19-9-7-6-8-10-19/h6-10,12,14,18,22-23,25,29-30H,11,13,15-17H2,1-5H3/t22-,23?,25-,29-,30+,33+,34+/m0/s1. The number of allylic oxidation sites excluding steroid dienone is 1. The Labute approximate surface area is 245 Å². The maximum absolute atomic E-state index is 14.6. The summed E-state index contributed by atoms with van der Waals surface area (Å²) in [4.78, 5) is 53.9. The molecule has 8 nitrogen and oxygen atoms in total. The van der Waals surface area contributed by atoms with Gasteiger partial charge in [-0.05, 0) is 54.9 Å². The van der Waals surface area contributed by atoms with Crippen LogP contribution in [0.2, 0.25) is 0 Å². The van der Waals surface area contributed by atoms with E-state index in [1.807, 2.05) is 32.9 Å². The number of cyclic esters (lactones) is 1. The number of fused-ring (bicyclic) bond motifs is 5. The second kappa shape index (κ2) is 9.96. The molecule has 0 amide bonds. The predicted octanol–water partition coefficient (Wildman–Crippen LogP) is 6.02. The average Bonchev–Trinajstić information content (AvgIpc) is 3.51. The molecule has 2 heterocycles. The van der Waals surface area contributed by atoms with Crippen LogP contribution >= 0.6 is 0 Å². The van der Waals surface area contributed by atoms with Crippen molar-refractivity contribution in [2.75, 3.05) is 7.11 Å². The van der Waals surface area contributed by atoms with Crippen LogP contribution in [0.1, 0.15) is 81.8 Å². The normalized spacial score (nSPS) is 35.0. The van der Waals surface area contributed by atoms with Crippen LogP contribution in [0.4, 0.5) is 0 Å². The Kier molecular flexibility index (Phi) is 6.74. The number of hydrogen-bond acceptors (Lipinski definition) is 8. The molecule has 1 unspecified atom stereocenters. The van der Waals surface area contributed by atoms with Crippen molar-refractivity contribution in [1.29, 1.82) is 0 Å². The van der Waals surface area contributed by atoms with Crippen LogP contribution in [0, 0.1) is 34.0 Å². The lowest BCUT2D eigenvalue weighted by Crippen LogP contribution is -2.66. The van der Waals surface area contributed by atoms with E-state index in [0.717, 1.165) is 16.7 Å². The number of Topliss-reactive ketones (excluding diaryl/α,β-unsaturated/α-hetero) is 1. The maximum Gasteiger partial charge on any atom is 0.338 e. The molecular weight excluding hydrogens is 536 g/mol. The Morgan fingerprint density at radius 2 is 1.79 bits per heavy atom. The van der Waals surface area contributed by atoms with E-state index in [1.54, 1.807) is 36.8 Å². The lowest BCUT2D eigenvalue weighted by molar-refractivity contribution is -0.186. The molecule has 1 aromatic heterocycles. The van der Waals surface area contributed by atoms with Gasteiger partial charge >= 0.3 is 17.9 Å². The van der Waals surface area contributed by atoms with Crippen molar-refractivity contribution >= 4 is 23.7 Å². The van der Waals surface area contributed by atoms with Crippen molar-refractivity contribution in [1.82, 2.24) is 0 Å². The van der Waals surface area contributed by atoms with E-state index in [4.69, 9.17) is 18.6 Å². The molecule has 2 saturated carbocycles. The first-order valence-electron chi connectivity index (χ1n) is 14.7. The Bertz CT molecular complexity index is 1450. The molecule has 2 aromatic rings. The summed E-state index contributed by atoms with van der Waals surface area (Å²) in [6.07, 6.45) is 3.91. The summed E-state index contributed by atoms with van der Waals surface area (Å²) in [5, 5.41) is 0. The van der Waals surface area contributed by atoms with Crippen LogP contribution < -0.4 is 0 Å². The molecule has 3 fully saturated rings. The van der Waals surface area contributed by atoms with Gasteiger partial charge in [0.1, 0.15) is 18.0 Å². The SMILES string of the molecule is COC(=O)C[C@H]1C(C)(C)[C@H](OC(=O)c2ccccc2)[C@H]2CC3=C4CC(=O)O[C@@H](c5ccoc5)[C@]4(C)CCC3[C@@]1(C)C2=O. The van der Waals surface area contributed by atoms with Crippen molar-refractivity contribution in [3.8, 4) is 0 Å². The zero-order valence-corrected chi connectivity index (χ0v) is 24.8. The second-order valence-electron chi connectivity index (χ2n) is 13.4. The highest BCUT2D eigenvalue weighted by molar-refractivity contribution is 5.94. The van der Waals surface area contributed by atoms with Crippen molar-refractivity contribution < 1.29 is 37.8 Å². The molecule has 222 valence electrons. The quantitative estimate of drug-likeness (QED) is 0.242. The number of methoxy groups -OCH3 is 1. The fourth-order valence-corrected chi connectivity index (χ4v) is 8.95. The molecule has 1 aromatic carbocycles. The molecule has 2 bridgehead atoms. The maximum atomic E-state index is 14.6. The smallest absolute Gasteiger partial charge is 0.338 e. The van der Waals surface area contributed by atoms with Gasteiger partial charge in [0, 0.05) is 28.2 Å². The van der Waals surface area contributed by atoms with Crippen LogP contribution in [0.3, 0.4) is 0 Å². The predicted molar refractivity (Wildman–Crippen MR) is 151 cm³/mol. The monoisotopic (exact) mass is 574 g/mol. The van der Waals surface area contributed by atoms with E-state index in [-0.39, 0.29) is 30.5 Å². The van der Waals surface area contributed by atoms with Crippen molar-refractivity contribution in [3.63, 3.8) is 0 Å². The molecule has 1 aliphatic heterocycles.